The molecule has 0 aromatic heterocycles. The molecule has 1 unspecified atom stereocenters. The van der Waals surface area contributed by atoms with Gasteiger partial charge in [0.2, 0.25) is 5.34 Å². The van der Waals surface area contributed by atoms with Crippen LogP contribution in [0.4, 0.5) is 0 Å². The van der Waals surface area contributed by atoms with Gasteiger partial charge in [-0.15, -0.1) is 0 Å². The van der Waals surface area contributed by atoms with Gasteiger partial charge in [-0.1, -0.05) is 82.6 Å². The zero-order chi connectivity index (χ0) is 25.1. The average molecular weight is 489 g/mol. The quantitative estimate of drug-likeness (QED) is 0.0645. The van der Waals surface area contributed by atoms with Gasteiger partial charge in [-0.3, -0.25) is 4.57 Å². The fourth-order valence-corrected chi connectivity index (χ4v) is 5.20. The highest BCUT2D eigenvalue weighted by Crippen LogP contribution is 2.52. The summed E-state index contributed by atoms with van der Waals surface area (Å²) in [7, 11) is 0.954. The minimum absolute atomic E-state index is 0.0526. The fraction of sp³-hybridized carbons (Fsp3) is 0.852. The first-order valence-corrected chi connectivity index (χ1v) is 15.0. The van der Waals surface area contributed by atoms with E-state index in [1.54, 1.807) is 0 Å². The second-order valence-electron chi connectivity index (χ2n) is 10.7. The lowest BCUT2D eigenvalue weighted by molar-refractivity contribution is -0.875. The number of hydrogen-bond donors (Lipinski definition) is 3. The largest absolute Gasteiger partial charge is 0.373 e. The van der Waals surface area contributed by atoms with Crippen molar-refractivity contribution in [3.8, 4) is 0 Å². The van der Waals surface area contributed by atoms with Crippen LogP contribution < -0.4 is 0 Å². The Morgan fingerprint density at radius 2 is 1.06 bits per heavy atom. The molecular formula is C27H55NO4P+. The molecule has 0 heterocycles. The molecule has 0 radical (unpaired) electrons. The molecule has 0 saturated heterocycles. The average Bonchev–Trinajstić information content (AvgIpc) is 2.70. The van der Waals surface area contributed by atoms with Crippen molar-refractivity contribution in [3.05, 3.63) is 24.3 Å². The molecule has 0 aromatic rings. The summed E-state index contributed by atoms with van der Waals surface area (Å²) in [6, 6.07) is 0. The van der Waals surface area contributed by atoms with Gasteiger partial charge in [0, 0.05) is 0 Å². The van der Waals surface area contributed by atoms with E-state index < -0.39 is 12.9 Å². The monoisotopic (exact) mass is 488 g/mol. The minimum Gasteiger partial charge on any atom is -0.373 e. The van der Waals surface area contributed by atoms with E-state index in [-0.39, 0.29) is 13.0 Å². The highest BCUT2D eigenvalue weighted by atomic mass is 31.2. The van der Waals surface area contributed by atoms with Gasteiger partial charge in [-0.05, 0) is 57.8 Å². The van der Waals surface area contributed by atoms with Crippen molar-refractivity contribution in [2.24, 2.45) is 0 Å². The van der Waals surface area contributed by atoms with Crippen molar-refractivity contribution in [2.75, 3.05) is 27.7 Å². The molecule has 0 fully saturated rings. The minimum atomic E-state index is -4.55. The summed E-state index contributed by atoms with van der Waals surface area (Å²) in [5.74, 6) is 0. The molecule has 0 aromatic carbocycles. The predicted molar refractivity (Wildman–Crippen MR) is 142 cm³/mol. The summed E-state index contributed by atoms with van der Waals surface area (Å²) in [6.07, 6.45) is 28.4. The third-order valence-corrected chi connectivity index (χ3v) is 7.47. The Bertz CT molecular complexity index is 565. The van der Waals surface area contributed by atoms with Crippen molar-refractivity contribution < 1.29 is 23.9 Å². The Labute approximate surface area is 205 Å². The molecule has 0 bridgehead atoms. The molecule has 33 heavy (non-hydrogen) atoms. The van der Waals surface area contributed by atoms with Gasteiger partial charge in [0.1, 0.15) is 6.54 Å². The van der Waals surface area contributed by atoms with Crippen molar-refractivity contribution in [3.63, 3.8) is 0 Å². The van der Waals surface area contributed by atoms with E-state index in [9.17, 15) is 19.5 Å². The first kappa shape index (κ1) is 32.5. The Hall–Kier alpha value is -0.450. The van der Waals surface area contributed by atoms with Crippen LogP contribution in [-0.2, 0) is 4.57 Å². The van der Waals surface area contributed by atoms with Gasteiger partial charge in [0.15, 0.2) is 0 Å². The summed E-state index contributed by atoms with van der Waals surface area (Å²) in [5.41, 5.74) is 0. The lowest BCUT2D eigenvalue weighted by atomic mass is 10.1. The van der Waals surface area contributed by atoms with Gasteiger partial charge >= 0.3 is 7.60 Å². The number of aliphatic hydroxyl groups is 1. The van der Waals surface area contributed by atoms with Crippen LogP contribution >= 0.6 is 7.60 Å². The molecule has 5 nitrogen and oxygen atoms in total. The van der Waals surface area contributed by atoms with Crippen LogP contribution in [0.15, 0.2) is 24.3 Å². The Balaban J connectivity index is 3.66. The molecule has 0 rings (SSSR count). The molecule has 196 valence electrons. The molecule has 0 spiro atoms. The topological polar surface area (TPSA) is 77.8 Å². The predicted octanol–water partition coefficient (Wildman–Crippen LogP) is 7.32. The number of hydrogen-bond acceptors (Lipinski definition) is 2. The third kappa shape index (κ3) is 19.5. The number of rotatable bonds is 22. The van der Waals surface area contributed by atoms with Gasteiger partial charge in [0.25, 0.3) is 0 Å². The Kier molecular flexibility index (Phi) is 18.6. The summed E-state index contributed by atoms with van der Waals surface area (Å²) in [6.45, 7) is 2.31. The molecule has 0 aliphatic rings. The van der Waals surface area contributed by atoms with Crippen molar-refractivity contribution in [2.45, 2.75) is 121 Å². The maximum atomic E-state index is 11.8. The van der Waals surface area contributed by atoms with Crippen LogP contribution in [0.1, 0.15) is 116 Å². The molecule has 6 heteroatoms. The first-order valence-electron chi connectivity index (χ1n) is 13.4. The number of likely N-dealkylation sites (N-methyl/N-ethyl adjacent to an activating group) is 1. The van der Waals surface area contributed by atoms with E-state index in [1.807, 2.05) is 21.1 Å². The number of unbranched alkanes of at least 4 members (excludes halogenated alkanes) is 13. The second-order valence-corrected chi connectivity index (χ2v) is 12.6. The number of allylic oxidation sites excluding steroid dienone is 4. The van der Waals surface area contributed by atoms with Gasteiger partial charge in [-0.2, -0.15) is 0 Å². The highest BCUT2D eigenvalue weighted by Gasteiger charge is 2.48. The van der Waals surface area contributed by atoms with Crippen molar-refractivity contribution in [1.29, 1.82) is 0 Å². The van der Waals surface area contributed by atoms with Gasteiger partial charge < -0.3 is 19.4 Å². The molecule has 0 aliphatic heterocycles. The summed E-state index contributed by atoms with van der Waals surface area (Å²) in [4.78, 5) is 19.2. The van der Waals surface area contributed by atoms with Crippen LogP contribution in [0.5, 0.6) is 0 Å². The van der Waals surface area contributed by atoms with E-state index in [0.717, 1.165) is 38.5 Å². The summed E-state index contributed by atoms with van der Waals surface area (Å²) in [5, 5.41) is 8.62. The zero-order valence-electron chi connectivity index (χ0n) is 22.2. The molecule has 1 atom stereocenters. The smallest absolute Gasteiger partial charge is 0.362 e. The van der Waals surface area contributed by atoms with Gasteiger partial charge in [-0.25, -0.2) is 0 Å². The maximum Gasteiger partial charge on any atom is 0.362 e. The normalized spacial score (nSPS) is 15.0. The van der Waals surface area contributed by atoms with Crippen molar-refractivity contribution >= 4 is 7.60 Å². The Morgan fingerprint density at radius 1 is 0.667 bits per heavy atom. The van der Waals surface area contributed by atoms with Crippen LogP contribution in [0.3, 0.4) is 0 Å². The molecule has 0 saturated carbocycles. The highest BCUT2D eigenvalue weighted by molar-refractivity contribution is 7.53. The van der Waals surface area contributed by atoms with E-state index in [0.29, 0.717) is 10.9 Å². The second kappa shape index (κ2) is 18.8. The lowest BCUT2D eigenvalue weighted by Gasteiger charge is -2.35. The molecule has 0 amide bonds. The fourth-order valence-electron chi connectivity index (χ4n) is 4.14. The first-order chi connectivity index (χ1) is 15.5. The maximum absolute atomic E-state index is 11.8. The lowest BCUT2D eigenvalue weighted by Crippen LogP contribution is -2.49. The molecular weight excluding hydrogens is 433 g/mol. The van der Waals surface area contributed by atoms with Gasteiger partial charge in [0.05, 0.1) is 21.1 Å². The van der Waals surface area contributed by atoms with Crippen LogP contribution in [0.25, 0.3) is 0 Å². The van der Waals surface area contributed by atoms with Crippen LogP contribution in [0, 0.1) is 0 Å². The van der Waals surface area contributed by atoms with E-state index >= 15 is 0 Å². The van der Waals surface area contributed by atoms with E-state index in [1.165, 1.54) is 57.8 Å². The standard InChI is InChI=1S/C27H54NO4P/c1-5-6-7-8-9-10-11-12-13-14-15-16-17-18-19-20-21-22-23-24-25-27(29,33(30,31)32)26-28(2,3)4/h12-13,17-18,29H,5-11,14-16,19-26H2,1-4H3,(H-,30,31,32)/p+1/b13-12-,18-17-. The molecule has 0 aliphatic carbocycles. The van der Waals surface area contributed by atoms with Crippen LogP contribution in [-0.4, -0.2) is 52.4 Å². The Morgan fingerprint density at radius 3 is 1.48 bits per heavy atom. The summed E-state index contributed by atoms with van der Waals surface area (Å²) < 4.78 is 12.1. The zero-order valence-corrected chi connectivity index (χ0v) is 23.1. The number of nitrogens with zero attached hydrogens (tertiary/aromatic N) is 1. The molecule has 3 N–H and O–H groups in total. The summed E-state index contributed by atoms with van der Waals surface area (Å²) >= 11 is 0. The SMILES string of the molecule is CCCCCCCC/C=C\CCC/C=C\CCCCCCCC(O)(C[N+](C)(C)C)P(=O)(O)O. The van der Waals surface area contributed by atoms with E-state index in [4.69, 9.17) is 0 Å². The van der Waals surface area contributed by atoms with Crippen LogP contribution in [0.2, 0.25) is 0 Å². The number of quaternary nitrogens is 1. The third-order valence-electron chi connectivity index (χ3n) is 6.02. The van der Waals surface area contributed by atoms with E-state index in [2.05, 4.69) is 31.2 Å². The van der Waals surface area contributed by atoms with Crippen molar-refractivity contribution in [1.82, 2.24) is 0 Å².